The maximum atomic E-state index is 10.8. The largest absolute Gasteiger partial charge is 0.392 e. The van der Waals surface area contributed by atoms with E-state index in [1.807, 2.05) is 33.5 Å². The lowest BCUT2D eigenvalue weighted by Gasteiger charge is -2.05. The summed E-state index contributed by atoms with van der Waals surface area (Å²) in [6.45, 7) is 13.0. The van der Waals surface area contributed by atoms with E-state index in [0.717, 1.165) is 35.4 Å². The summed E-state index contributed by atoms with van der Waals surface area (Å²) in [4.78, 5) is 10.2. The maximum Gasteiger partial charge on any atom is 0.228 e. The standard InChI is InChI=1S/C5H11NS.C5H11N.C4H10N2O2S.C4H11NOS.C3H8O2.2C3H8OS/c1-5(6-2)4-7-3;1-4-5(2)6-3;1-4(7)6-9(3,8)5-2;1-4-7(3,6)5-2;3*1-4-3-5-2/h6H,1,4H2,2-3H3;6H,2,4H2,1,3H3;3H2,1-2H3,(H2,5,6,7,8);3-4H2,1-2H3,(H,5,6);3*3H2,1-2H3. The second-order valence-electron chi connectivity index (χ2n) is 7.42. The minimum Gasteiger partial charge on any atom is -0.392 e. The van der Waals surface area contributed by atoms with Crippen molar-refractivity contribution in [2.24, 2.45) is 0 Å². The van der Waals surface area contributed by atoms with Crippen LogP contribution in [0.4, 0.5) is 0 Å². The summed E-state index contributed by atoms with van der Waals surface area (Å²) < 4.78 is 46.9. The van der Waals surface area contributed by atoms with Crippen LogP contribution in [-0.2, 0) is 43.3 Å². The number of methoxy groups -OCH3 is 4. The summed E-state index contributed by atoms with van der Waals surface area (Å²) in [5.41, 5.74) is 2.18. The number of carbonyl (C=O) groups excluding carboxylic acids is 1. The van der Waals surface area contributed by atoms with Gasteiger partial charge < -0.3 is 29.6 Å². The summed E-state index contributed by atoms with van der Waals surface area (Å²) >= 11 is 5.13. The van der Waals surface area contributed by atoms with E-state index >= 15 is 0 Å². The first-order valence-electron chi connectivity index (χ1n) is 13.0. The second kappa shape index (κ2) is 49.3. The van der Waals surface area contributed by atoms with Crippen molar-refractivity contribution >= 4 is 72.5 Å². The van der Waals surface area contributed by atoms with Crippen LogP contribution in [0.25, 0.3) is 0 Å². The molecule has 0 aliphatic carbocycles. The number of hydrogen-bond donors (Lipinski definition) is 5. The highest BCUT2D eigenvalue weighted by Gasteiger charge is 1.98. The quantitative estimate of drug-likeness (QED) is 0.125. The van der Waals surface area contributed by atoms with Gasteiger partial charge in [-0.15, -0.1) is 23.5 Å². The summed E-state index contributed by atoms with van der Waals surface area (Å²) in [6, 6.07) is 0. The molecule has 12 nitrogen and oxygen atoms in total. The van der Waals surface area contributed by atoms with E-state index in [1.54, 1.807) is 70.8 Å². The van der Waals surface area contributed by atoms with Crippen LogP contribution >= 0.6 is 35.3 Å². The summed E-state index contributed by atoms with van der Waals surface area (Å²) in [5, 5.41) is 5.87. The van der Waals surface area contributed by atoms with E-state index in [0.29, 0.717) is 12.5 Å². The Hall–Kier alpha value is -0.600. The molecule has 44 heavy (non-hydrogen) atoms. The first-order chi connectivity index (χ1) is 20.5. The average molecular weight is 734 g/mol. The fraction of sp³-hybridized carbons (Fsp3) is 0.741. The van der Waals surface area contributed by atoms with Gasteiger partial charge in [-0.2, -0.15) is 11.8 Å². The van der Waals surface area contributed by atoms with Crippen molar-refractivity contribution < 1.29 is 32.2 Å². The second-order valence-corrected chi connectivity index (χ2v) is 14.5. The minimum absolute atomic E-state index is 0.357. The number of thioether (sulfide) groups is 3. The lowest BCUT2D eigenvalue weighted by Crippen LogP contribution is -2.36. The molecule has 0 spiro atoms. The number of carbonyl (C=O) groups is 1. The summed E-state index contributed by atoms with van der Waals surface area (Å²) in [6.07, 6.45) is 7.09. The topological polar surface area (TPSA) is 148 Å². The van der Waals surface area contributed by atoms with Gasteiger partial charge in [-0.3, -0.25) is 13.7 Å². The predicted molar refractivity (Wildman–Crippen MR) is 208 cm³/mol. The monoisotopic (exact) mass is 733 g/mol. The van der Waals surface area contributed by atoms with Crippen LogP contribution in [0.3, 0.4) is 0 Å². The third-order valence-corrected chi connectivity index (χ3v) is 8.17. The molecule has 2 unspecified atom stereocenters. The number of ether oxygens (including phenoxy) is 4. The lowest BCUT2D eigenvalue weighted by molar-refractivity contribution is -0.117. The van der Waals surface area contributed by atoms with Crippen molar-refractivity contribution in [1.82, 2.24) is 24.8 Å². The van der Waals surface area contributed by atoms with Gasteiger partial charge in [-0.05, 0) is 51.0 Å². The Balaban J connectivity index is -0.0000000734. The zero-order chi connectivity index (χ0) is 36.5. The van der Waals surface area contributed by atoms with Crippen molar-refractivity contribution in [3.8, 4) is 0 Å². The molecule has 1 amide bonds. The normalized spacial score (nSPS) is 11.5. The number of allylic oxidation sites excluding steroid dienone is 1. The van der Waals surface area contributed by atoms with Crippen LogP contribution in [0.2, 0.25) is 0 Å². The fourth-order valence-corrected chi connectivity index (χ4v) is 3.02. The van der Waals surface area contributed by atoms with Crippen LogP contribution in [0, 0.1) is 0 Å². The van der Waals surface area contributed by atoms with Gasteiger partial charge in [0.05, 0.1) is 11.9 Å². The van der Waals surface area contributed by atoms with E-state index in [1.165, 1.54) is 14.0 Å². The first kappa shape index (κ1) is 58.9. The Morgan fingerprint density at radius 3 is 1.18 bits per heavy atom. The van der Waals surface area contributed by atoms with Crippen molar-refractivity contribution in [3.63, 3.8) is 0 Å². The smallest absolute Gasteiger partial charge is 0.228 e. The molecule has 0 aliphatic heterocycles. The van der Waals surface area contributed by atoms with Crippen LogP contribution in [0.15, 0.2) is 24.6 Å². The first-order valence-corrected chi connectivity index (χ1v) is 20.8. The maximum absolute atomic E-state index is 10.8. The Morgan fingerprint density at radius 1 is 0.727 bits per heavy atom. The fourth-order valence-electron chi connectivity index (χ4n) is 1.20. The molecule has 17 heteroatoms. The molecule has 5 N–H and O–H groups in total. The van der Waals surface area contributed by atoms with E-state index in [4.69, 9.17) is 0 Å². The van der Waals surface area contributed by atoms with Crippen LogP contribution in [0.1, 0.15) is 27.2 Å². The number of hydrogen-bond acceptors (Lipinski definition) is 12. The number of nitrogens with one attached hydrogen (secondary N) is 5. The van der Waals surface area contributed by atoms with Gasteiger partial charge in [0.25, 0.3) is 0 Å². The molecule has 0 fully saturated rings. The molecular formula is C27H67N5O7S5. The average Bonchev–Trinajstić information content (AvgIpc) is 2.99. The van der Waals surface area contributed by atoms with Crippen molar-refractivity contribution in [2.45, 2.75) is 27.2 Å². The molecule has 0 heterocycles. The predicted octanol–water partition coefficient (Wildman–Crippen LogP) is 3.10. The van der Waals surface area contributed by atoms with E-state index in [2.05, 4.69) is 81.8 Å². The van der Waals surface area contributed by atoms with Crippen LogP contribution in [0.5, 0.6) is 0 Å². The summed E-state index contributed by atoms with van der Waals surface area (Å²) in [7, 11) is 8.96. The van der Waals surface area contributed by atoms with Gasteiger partial charge in [0, 0.05) is 82.1 Å². The highest BCUT2D eigenvalue weighted by atomic mass is 32.2. The Kier molecular flexibility index (Phi) is 66.0. The summed E-state index contributed by atoms with van der Waals surface area (Å²) in [5.74, 6) is 9.50. The van der Waals surface area contributed by atoms with Crippen molar-refractivity contribution in [1.29, 1.82) is 0 Å². The van der Waals surface area contributed by atoms with Gasteiger partial charge in [0.2, 0.25) is 5.91 Å². The molecule has 0 aromatic heterocycles. The minimum atomic E-state index is -2.57. The Labute approximate surface area is 285 Å². The van der Waals surface area contributed by atoms with Crippen LogP contribution in [-0.4, -0.2) is 132 Å². The van der Waals surface area contributed by atoms with Crippen LogP contribution < -0.4 is 24.8 Å². The van der Waals surface area contributed by atoms with Gasteiger partial charge in [-0.25, -0.2) is 13.7 Å². The highest BCUT2D eigenvalue weighted by molar-refractivity contribution is 7.99. The zero-order valence-corrected chi connectivity index (χ0v) is 34.1. The molecule has 0 saturated heterocycles. The third-order valence-electron chi connectivity index (χ3n) is 3.64. The molecule has 0 radical (unpaired) electrons. The molecular weight excluding hydrogens is 667 g/mol. The molecule has 2 atom stereocenters. The van der Waals surface area contributed by atoms with Gasteiger partial charge >= 0.3 is 0 Å². The molecule has 0 aromatic carbocycles. The molecule has 0 aromatic rings. The van der Waals surface area contributed by atoms with E-state index < -0.39 is 19.6 Å². The zero-order valence-electron chi connectivity index (χ0n) is 30.0. The SMILES string of the molecule is C=C(CC)NC.C=C(CSC)NC.C=S(=O)(CC)NC.C=S(=O)(NC)NC(C)=O.COCOC.COCSC.COCSC. The highest BCUT2D eigenvalue weighted by Crippen LogP contribution is 1.95. The Morgan fingerprint density at radius 2 is 1.14 bits per heavy atom. The van der Waals surface area contributed by atoms with Crippen molar-refractivity contribution in [3.05, 3.63) is 24.6 Å². The van der Waals surface area contributed by atoms with Gasteiger partial charge in [0.15, 0.2) is 0 Å². The molecule has 0 bridgehead atoms. The Bertz CT molecular complexity index is 767. The van der Waals surface area contributed by atoms with Gasteiger partial charge in [-0.1, -0.05) is 27.0 Å². The molecule has 0 aliphatic rings. The van der Waals surface area contributed by atoms with Crippen molar-refractivity contribution in [2.75, 3.05) is 106 Å². The lowest BCUT2D eigenvalue weighted by atomic mass is 10.4. The molecule has 272 valence electrons. The van der Waals surface area contributed by atoms with E-state index in [9.17, 15) is 13.2 Å². The molecule has 0 saturated carbocycles. The number of rotatable bonds is 15. The number of amides is 1. The van der Waals surface area contributed by atoms with Gasteiger partial charge in [0.1, 0.15) is 16.7 Å². The van der Waals surface area contributed by atoms with E-state index in [-0.39, 0.29) is 5.91 Å². The third kappa shape index (κ3) is 83.8. The molecule has 0 rings (SSSR count).